The van der Waals surface area contributed by atoms with Crippen LogP contribution < -0.4 is 0 Å². The average molecular weight is 192 g/mol. The maximum absolute atomic E-state index is 10.6. The van der Waals surface area contributed by atoms with Crippen LogP contribution in [0.15, 0.2) is 16.7 Å². The zero-order valence-electron chi connectivity index (χ0n) is 8.49. The summed E-state index contributed by atoms with van der Waals surface area (Å²) in [4.78, 5) is 0. The van der Waals surface area contributed by atoms with Crippen molar-refractivity contribution in [1.29, 1.82) is 0 Å². The number of furan rings is 1. The minimum absolute atomic E-state index is 0.507. The summed E-state index contributed by atoms with van der Waals surface area (Å²) in [5.41, 5.74) is 0.502. The normalized spacial score (nSPS) is 40.7. The lowest BCUT2D eigenvalue weighted by Crippen LogP contribution is -2.10. The molecule has 2 aliphatic carbocycles. The van der Waals surface area contributed by atoms with Gasteiger partial charge in [-0.15, -0.1) is 0 Å². The van der Waals surface area contributed by atoms with Crippen LogP contribution in [0.2, 0.25) is 0 Å². The summed E-state index contributed by atoms with van der Waals surface area (Å²) in [7, 11) is 0. The molecule has 0 spiro atoms. The second-order valence-corrected chi connectivity index (χ2v) is 4.71. The molecule has 1 aromatic heterocycles. The van der Waals surface area contributed by atoms with Crippen molar-refractivity contribution in [1.82, 2.24) is 0 Å². The van der Waals surface area contributed by atoms with E-state index in [2.05, 4.69) is 0 Å². The average Bonchev–Trinajstić information content (AvgIpc) is 2.57. The van der Waals surface area contributed by atoms with E-state index in [1.807, 2.05) is 13.0 Å². The minimum atomic E-state index is -0.534. The largest absolute Gasteiger partial charge is 0.469 e. The molecule has 2 aliphatic rings. The molecule has 2 atom stereocenters. The summed E-state index contributed by atoms with van der Waals surface area (Å²) < 4.78 is 5.28. The first-order chi connectivity index (χ1) is 6.74. The van der Waals surface area contributed by atoms with Gasteiger partial charge in [0.1, 0.15) is 5.76 Å². The van der Waals surface area contributed by atoms with Crippen LogP contribution in [-0.2, 0) is 5.60 Å². The minimum Gasteiger partial charge on any atom is -0.469 e. The van der Waals surface area contributed by atoms with Crippen LogP contribution in [0, 0.1) is 18.8 Å². The van der Waals surface area contributed by atoms with Gasteiger partial charge in [-0.3, -0.25) is 0 Å². The van der Waals surface area contributed by atoms with Crippen LogP contribution in [0.1, 0.15) is 37.0 Å². The first-order valence-electron chi connectivity index (χ1n) is 5.51. The van der Waals surface area contributed by atoms with E-state index in [9.17, 15) is 5.11 Å². The lowest BCUT2D eigenvalue weighted by molar-refractivity contribution is 0.116. The SMILES string of the molecule is Cc1occc1C1(O)C2CCCCC21. The molecule has 1 N–H and O–H groups in total. The zero-order valence-corrected chi connectivity index (χ0v) is 8.49. The molecule has 0 amide bonds. The number of aliphatic hydroxyl groups is 1. The van der Waals surface area contributed by atoms with Crippen molar-refractivity contribution in [2.75, 3.05) is 0 Å². The van der Waals surface area contributed by atoms with E-state index in [0.29, 0.717) is 11.8 Å². The van der Waals surface area contributed by atoms with Gasteiger partial charge in [-0.2, -0.15) is 0 Å². The second-order valence-electron chi connectivity index (χ2n) is 4.71. The fraction of sp³-hybridized carbons (Fsp3) is 0.667. The molecule has 0 aliphatic heterocycles. The van der Waals surface area contributed by atoms with E-state index in [0.717, 1.165) is 11.3 Å². The molecule has 1 aromatic rings. The molecule has 0 saturated heterocycles. The summed E-state index contributed by atoms with van der Waals surface area (Å²) in [6.45, 7) is 1.94. The molecule has 2 saturated carbocycles. The highest BCUT2D eigenvalue weighted by molar-refractivity contribution is 5.34. The molecular formula is C12H16O2. The van der Waals surface area contributed by atoms with Gasteiger partial charge in [0.05, 0.1) is 11.9 Å². The highest BCUT2D eigenvalue weighted by atomic mass is 16.3. The Morgan fingerprint density at radius 2 is 2.00 bits per heavy atom. The Balaban J connectivity index is 1.96. The lowest BCUT2D eigenvalue weighted by Gasteiger charge is -2.08. The highest BCUT2D eigenvalue weighted by Crippen LogP contribution is 2.64. The molecule has 1 heterocycles. The monoisotopic (exact) mass is 192 g/mol. The third-order valence-electron chi connectivity index (χ3n) is 4.08. The van der Waals surface area contributed by atoms with Gasteiger partial charge in [-0.1, -0.05) is 12.8 Å². The van der Waals surface area contributed by atoms with Crippen molar-refractivity contribution in [3.8, 4) is 0 Å². The molecule has 2 heteroatoms. The Bertz CT molecular complexity index is 341. The second kappa shape index (κ2) is 2.63. The molecule has 14 heavy (non-hydrogen) atoms. The van der Waals surface area contributed by atoms with Gasteiger partial charge in [0.2, 0.25) is 0 Å². The topological polar surface area (TPSA) is 33.4 Å². The quantitative estimate of drug-likeness (QED) is 0.742. The standard InChI is InChI=1S/C12H16O2/c1-8-9(6-7-14-8)12(13)10-4-2-3-5-11(10)12/h6-7,10-11,13H,2-5H2,1H3. The Kier molecular flexibility index (Phi) is 1.61. The maximum atomic E-state index is 10.6. The van der Waals surface area contributed by atoms with E-state index in [1.54, 1.807) is 6.26 Å². The summed E-state index contributed by atoms with van der Waals surface area (Å²) in [6, 6.07) is 1.94. The third kappa shape index (κ3) is 0.897. The van der Waals surface area contributed by atoms with E-state index in [1.165, 1.54) is 25.7 Å². The lowest BCUT2D eigenvalue weighted by atomic mass is 10.0. The molecule has 76 valence electrons. The Hall–Kier alpha value is -0.760. The van der Waals surface area contributed by atoms with Crippen LogP contribution >= 0.6 is 0 Å². The number of rotatable bonds is 1. The maximum Gasteiger partial charge on any atom is 0.106 e. The first-order valence-corrected chi connectivity index (χ1v) is 5.51. The fourth-order valence-corrected chi connectivity index (χ4v) is 3.29. The molecule has 2 unspecified atom stereocenters. The van der Waals surface area contributed by atoms with E-state index < -0.39 is 5.60 Å². The smallest absolute Gasteiger partial charge is 0.106 e. The predicted octanol–water partition coefficient (Wildman–Crippen LogP) is 2.60. The first kappa shape index (κ1) is 8.54. The van der Waals surface area contributed by atoms with Crippen molar-refractivity contribution in [2.24, 2.45) is 11.8 Å². The van der Waals surface area contributed by atoms with Crippen molar-refractivity contribution < 1.29 is 9.52 Å². The van der Waals surface area contributed by atoms with E-state index >= 15 is 0 Å². The molecule has 0 radical (unpaired) electrons. The summed E-state index contributed by atoms with van der Waals surface area (Å²) in [5, 5.41) is 10.6. The van der Waals surface area contributed by atoms with Gasteiger partial charge < -0.3 is 9.52 Å². The molecular weight excluding hydrogens is 176 g/mol. The van der Waals surface area contributed by atoms with Crippen LogP contribution in [0.25, 0.3) is 0 Å². The summed E-state index contributed by atoms with van der Waals surface area (Å²) in [5.74, 6) is 1.90. The summed E-state index contributed by atoms with van der Waals surface area (Å²) in [6.07, 6.45) is 6.62. The fourth-order valence-electron chi connectivity index (χ4n) is 3.29. The molecule has 2 fully saturated rings. The number of hydrogen-bond acceptors (Lipinski definition) is 2. The Morgan fingerprint density at radius 1 is 1.36 bits per heavy atom. The van der Waals surface area contributed by atoms with Gasteiger partial charge in [0.15, 0.2) is 0 Å². The van der Waals surface area contributed by atoms with Gasteiger partial charge in [0.25, 0.3) is 0 Å². The molecule has 0 aromatic carbocycles. The van der Waals surface area contributed by atoms with Gasteiger partial charge in [-0.05, 0) is 37.7 Å². The molecule has 3 rings (SSSR count). The van der Waals surface area contributed by atoms with Crippen LogP contribution in [0.3, 0.4) is 0 Å². The van der Waals surface area contributed by atoms with Crippen LogP contribution in [0.4, 0.5) is 0 Å². The van der Waals surface area contributed by atoms with Gasteiger partial charge in [0, 0.05) is 5.56 Å². The zero-order chi connectivity index (χ0) is 9.76. The summed E-state index contributed by atoms with van der Waals surface area (Å²) >= 11 is 0. The van der Waals surface area contributed by atoms with Gasteiger partial charge >= 0.3 is 0 Å². The van der Waals surface area contributed by atoms with Crippen LogP contribution in [-0.4, -0.2) is 5.11 Å². The van der Waals surface area contributed by atoms with E-state index in [4.69, 9.17) is 4.42 Å². The number of aryl methyl sites for hydroxylation is 1. The Labute approximate surface area is 83.9 Å². The van der Waals surface area contributed by atoms with E-state index in [-0.39, 0.29) is 0 Å². The third-order valence-corrected chi connectivity index (χ3v) is 4.08. The molecule has 0 bridgehead atoms. The Morgan fingerprint density at radius 3 is 2.50 bits per heavy atom. The molecule has 2 nitrogen and oxygen atoms in total. The van der Waals surface area contributed by atoms with Crippen molar-refractivity contribution in [3.05, 3.63) is 23.7 Å². The van der Waals surface area contributed by atoms with Gasteiger partial charge in [-0.25, -0.2) is 0 Å². The number of hydrogen-bond donors (Lipinski definition) is 1. The van der Waals surface area contributed by atoms with Crippen molar-refractivity contribution in [2.45, 2.75) is 38.2 Å². The van der Waals surface area contributed by atoms with Crippen molar-refractivity contribution in [3.63, 3.8) is 0 Å². The number of fused-ring (bicyclic) bond motifs is 1. The van der Waals surface area contributed by atoms with Crippen molar-refractivity contribution >= 4 is 0 Å². The highest BCUT2D eigenvalue weighted by Gasteiger charge is 2.65. The van der Waals surface area contributed by atoms with Crippen LogP contribution in [0.5, 0.6) is 0 Å². The predicted molar refractivity (Wildman–Crippen MR) is 52.8 cm³/mol.